The Balaban J connectivity index is 2.50. The molecule has 0 aliphatic carbocycles. The Bertz CT molecular complexity index is 543. The highest BCUT2D eigenvalue weighted by Gasteiger charge is 2.07. The van der Waals surface area contributed by atoms with Crippen LogP contribution in [0.4, 0.5) is 4.39 Å². The monoisotopic (exact) mass is 246 g/mol. The third kappa shape index (κ3) is 2.65. The number of hydrogen-bond acceptors (Lipinski definition) is 3. The molecule has 0 amide bonds. The minimum atomic E-state index is -0.249. The van der Waals surface area contributed by atoms with Gasteiger partial charge in [-0.3, -0.25) is 0 Å². The van der Waals surface area contributed by atoms with Gasteiger partial charge in [-0.2, -0.15) is 0 Å². The number of nitrogens with one attached hydrogen (secondary N) is 1. The van der Waals surface area contributed by atoms with Gasteiger partial charge in [0, 0.05) is 18.8 Å². The van der Waals surface area contributed by atoms with Crippen molar-refractivity contribution in [3.8, 4) is 17.0 Å². The minimum absolute atomic E-state index is 0.249. The molecule has 0 aliphatic heterocycles. The van der Waals surface area contributed by atoms with E-state index in [1.54, 1.807) is 25.4 Å². The Morgan fingerprint density at radius 1 is 1.28 bits per heavy atom. The Morgan fingerprint density at radius 3 is 2.83 bits per heavy atom. The van der Waals surface area contributed by atoms with Crippen molar-refractivity contribution in [2.45, 2.75) is 6.54 Å². The predicted octanol–water partition coefficient (Wildman–Crippen LogP) is 2.62. The predicted molar refractivity (Wildman–Crippen MR) is 68.9 cm³/mol. The van der Waals surface area contributed by atoms with Crippen LogP contribution in [-0.4, -0.2) is 19.1 Å². The van der Waals surface area contributed by atoms with E-state index in [0.717, 1.165) is 16.7 Å². The van der Waals surface area contributed by atoms with Gasteiger partial charge in [0.2, 0.25) is 5.88 Å². The zero-order chi connectivity index (χ0) is 13.0. The summed E-state index contributed by atoms with van der Waals surface area (Å²) >= 11 is 0. The van der Waals surface area contributed by atoms with Crippen LogP contribution in [0.1, 0.15) is 5.56 Å². The Kier molecular flexibility index (Phi) is 3.89. The first-order chi connectivity index (χ1) is 8.74. The zero-order valence-electron chi connectivity index (χ0n) is 10.4. The second kappa shape index (κ2) is 5.60. The Morgan fingerprint density at radius 2 is 2.11 bits per heavy atom. The van der Waals surface area contributed by atoms with Crippen molar-refractivity contribution in [1.29, 1.82) is 0 Å². The Hall–Kier alpha value is -1.94. The second-order valence-electron chi connectivity index (χ2n) is 3.92. The van der Waals surface area contributed by atoms with Crippen molar-refractivity contribution in [3.63, 3.8) is 0 Å². The lowest BCUT2D eigenvalue weighted by molar-refractivity contribution is 0.398. The summed E-state index contributed by atoms with van der Waals surface area (Å²) in [5, 5.41) is 3.07. The van der Waals surface area contributed by atoms with E-state index in [4.69, 9.17) is 4.74 Å². The quantitative estimate of drug-likeness (QED) is 0.900. The van der Waals surface area contributed by atoms with Crippen molar-refractivity contribution >= 4 is 0 Å². The smallest absolute Gasteiger partial charge is 0.213 e. The normalized spacial score (nSPS) is 10.4. The van der Waals surface area contributed by atoms with Crippen LogP contribution in [0.15, 0.2) is 36.5 Å². The molecule has 0 fully saturated rings. The summed E-state index contributed by atoms with van der Waals surface area (Å²) in [5.74, 6) is 0.271. The first-order valence-corrected chi connectivity index (χ1v) is 5.68. The summed E-state index contributed by atoms with van der Waals surface area (Å²) in [6.07, 6.45) is 1.65. The van der Waals surface area contributed by atoms with Gasteiger partial charge in [0.05, 0.1) is 7.11 Å². The summed E-state index contributed by atoms with van der Waals surface area (Å²) in [7, 11) is 3.42. The first-order valence-electron chi connectivity index (χ1n) is 5.68. The summed E-state index contributed by atoms with van der Waals surface area (Å²) in [5.41, 5.74) is 2.78. The third-order valence-electron chi connectivity index (χ3n) is 2.69. The lowest BCUT2D eigenvalue weighted by Gasteiger charge is -2.10. The number of halogens is 1. The molecular formula is C14H15FN2O. The fourth-order valence-corrected chi connectivity index (χ4v) is 1.85. The molecule has 2 aromatic rings. The zero-order valence-corrected chi connectivity index (χ0v) is 10.4. The molecule has 1 heterocycles. The number of benzene rings is 1. The number of ether oxygens (including phenoxy) is 1. The van der Waals surface area contributed by atoms with E-state index in [0.29, 0.717) is 12.4 Å². The van der Waals surface area contributed by atoms with Crippen molar-refractivity contribution in [2.24, 2.45) is 0 Å². The molecule has 0 atom stereocenters. The number of hydrogen-bond donors (Lipinski definition) is 1. The first kappa shape index (κ1) is 12.5. The molecule has 0 radical (unpaired) electrons. The summed E-state index contributed by atoms with van der Waals surface area (Å²) < 4.78 is 18.5. The van der Waals surface area contributed by atoms with Crippen LogP contribution in [0, 0.1) is 5.82 Å². The number of nitrogens with zero attached hydrogens (tertiary/aromatic N) is 1. The van der Waals surface area contributed by atoms with Gasteiger partial charge in [0.15, 0.2) is 0 Å². The number of methoxy groups -OCH3 is 1. The Labute approximate surface area is 106 Å². The van der Waals surface area contributed by atoms with Crippen LogP contribution >= 0.6 is 0 Å². The molecule has 1 N–H and O–H groups in total. The number of rotatable bonds is 4. The van der Waals surface area contributed by atoms with Crippen LogP contribution in [0.2, 0.25) is 0 Å². The van der Waals surface area contributed by atoms with Crippen LogP contribution < -0.4 is 10.1 Å². The number of aromatic nitrogens is 1. The van der Waals surface area contributed by atoms with Gasteiger partial charge >= 0.3 is 0 Å². The fraction of sp³-hybridized carbons (Fsp3) is 0.214. The molecule has 94 valence electrons. The maximum atomic E-state index is 13.4. The molecule has 1 aromatic carbocycles. The van der Waals surface area contributed by atoms with Gasteiger partial charge in [-0.25, -0.2) is 9.37 Å². The minimum Gasteiger partial charge on any atom is -0.481 e. The maximum absolute atomic E-state index is 13.4. The van der Waals surface area contributed by atoms with Gasteiger partial charge in [-0.05, 0) is 41.9 Å². The molecular weight excluding hydrogens is 231 g/mol. The highest BCUT2D eigenvalue weighted by molar-refractivity contribution is 5.68. The van der Waals surface area contributed by atoms with Gasteiger partial charge in [0.1, 0.15) is 5.82 Å². The lowest BCUT2D eigenvalue weighted by atomic mass is 10.0. The maximum Gasteiger partial charge on any atom is 0.213 e. The lowest BCUT2D eigenvalue weighted by Crippen LogP contribution is -2.06. The van der Waals surface area contributed by atoms with Crippen LogP contribution in [0.25, 0.3) is 11.1 Å². The van der Waals surface area contributed by atoms with Crippen LogP contribution in [-0.2, 0) is 6.54 Å². The van der Waals surface area contributed by atoms with Gasteiger partial charge < -0.3 is 10.1 Å². The van der Waals surface area contributed by atoms with Crippen LogP contribution in [0.5, 0.6) is 5.88 Å². The van der Waals surface area contributed by atoms with E-state index in [2.05, 4.69) is 10.3 Å². The molecule has 0 saturated heterocycles. The van der Waals surface area contributed by atoms with E-state index < -0.39 is 0 Å². The highest BCUT2D eigenvalue weighted by Crippen LogP contribution is 2.26. The van der Waals surface area contributed by atoms with E-state index in [1.807, 2.05) is 13.1 Å². The summed E-state index contributed by atoms with van der Waals surface area (Å²) in [4.78, 5) is 4.05. The molecule has 18 heavy (non-hydrogen) atoms. The molecule has 0 bridgehead atoms. The van der Waals surface area contributed by atoms with E-state index in [-0.39, 0.29) is 5.82 Å². The summed E-state index contributed by atoms with van der Waals surface area (Å²) in [6, 6.07) is 8.43. The van der Waals surface area contributed by atoms with Crippen molar-refractivity contribution in [2.75, 3.05) is 14.2 Å². The van der Waals surface area contributed by atoms with Crippen molar-refractivity contribution in [1.82, 2.24) is 10.3 Å². The number of pyridine rings is 1. The molecule has 0 spiro atoms. The van der Waals surface area contributed by atoms with Gasteiger partial charge in [-0.1, -0.05) is 6.07 Å². The second-order valence-corrected chi connectivity index (χ2v) is 3.92. The average molecular weight is 246 g/mol. The average Bonchev–Trinajstić information content (AvgIpc) is 2.41. The van der Waals surface area contributed by atoms with E-state index in [1.165, 1.54) is 12.1 Å². The van der Waals surface area contributed by atoms with Crippen molar-refractivity contribution in [3.05, 3.63) is 47.9 Å². The standard InChI is InChI=1S/C14H15FN2O/c1-16-9-11-3-4-12(15)8-13(11)10-5-6-17-14(7-10)18-2/h3-8,16H,9H2,1-2H3. The topological polar surface area (TPSA) is 34.2 Å². The summed E-state index contributed by atoms with van der Waals surface area (Å²) in [6.45, 7) is 0.681. The molecule has 1 aromatic heterocycles. The third-order valence-corrected chi connectivity index (χ3v) is 2.69. The van der Waals surface area contributed by atoms with Gasteiger partial charge in [0.25, 0.3) is 0 Å². The molecule has 0 aliphatic rings. The van der Waals surface area contributed by atoms with E-state index >= 15 is 0 Å². The fourth-order valence-electron chi connectivity index (χ4n) is 1.85. The molecule has 2 rings (SSSR count). The van der Waals surface area contributed by atoms with Gasteiger partial charge in [-0.15, -0.1) is 0 Å². The molecule has 3 nitrogen and oxygen atoms in total. The SMILES string of the molecule is CNCc1ccc(F)cc1-c1ccnc(OC)c1. The molecule has 4 heteroatoms. The van der Waals surface area contributed by atoms with Crippen molar-refractivity contribution < 1.29 is 9.13 Å². The molecule has 0 unspecified atom stereocenters. The highest BCUT2D eigenvalue weighted by atomic mass is 19.1. The molecule has 0 saturated carbocycles. The largest absolute Gasteiger partial charge is 0.481 e. The van der Waals surface area contributed by atoms with Crippen LogP contribution in [0.3, 0.4) is 0 Å². The van der Waals surface area contributed by atoms with E-state index in [9.17, 15) is 4.39 Å².